The molecule has 0 aliphatic heterocycles. The maximum absolute atomic E-state index is 13.1. The van der Waals surface area contributed by atoms with Crippen LogP contribution < -0.4 is 11.3 Å². The molecule has 1 heterocycles. The molecule has 0 bridgehead atoms. The molecule has 0 aliphatic carbocycles. The van der Waals surface area contributed by atoms with E-state index in [-0.39, 0.29) is 22.9 Å². The number of aromatic amines is 1. The number of hydrogen-bond donors (Lipinski definition) is 3. The van der Waals surface area contributed by atoms with Crippen LogP contribution in [0.4, 0.5) is 4.79 Å². The largest absolute Gasteiger partial charge is 0.506 e. The molecule has 0 aliphatic rings. The number of carbonyl (C=O) groups is 1. The number of ether oxygens (including phenoxy) is 1. The van der Waals surface area contributed by atoms with E-state index in [0.29, 0.717) is 30.4 Å². The number of benzene rings is 1. The van der Waals surface area contributed by atoms with Crippen molar-refractivity contribution < 1.29 is 19.1 Å². The molecule has 2 rings (SSSR count). The summed E-state index contributed by atoms with van der Waals surface area (Å²) in [4.78, 5) is 29.4. The van der Waals surface area contributed by atoms with Crippen LogP contribution >= 0.6 is 0 Å². The van der Waals surface area contributed by atoms with E-state index in [9.17, 15) is 14.7 Å². The minimum atomic E-state index is -2.28. The highest BCUT2D eigenvalue weighted by Gasteiger charge is 2.40. The lowest BCUT2D eigenvalue weighted by Gasteiger charge is -2.41. The molecule has 0 fully saturated rings. The number of H-pyrrole nitrogens is 1. The predicted molar refractivity (Wildman–Crippen MR) is 139 cm³/mol. The number of phenols is 1. The first kappa shape index (κ1) is 27.9. The molecule has 190 valence electrons. The van der Waals surface area contributed by atoms with Crippen molar-refractivity contribution in [3.63, 3.8) is 0 Å². The highest BCUT2D eigenvalue weighted by Crippen LogP contribution is 2.41. The third-order valence-corrected chi connectivity index (χ3v) is 10.7. The monoisotopic (exact) mass is 491 g/mol. The van der Waals surface area contributed by atoms with Gasteiger partial charge in [0.05, 0.1) is 18.2 Å². The molecule has 0 spiro atoms. The van der Waals surface area contributed by atoms with Gasteiger partial charge in [-0.05, 0) is 69.6 Å². The van der Waals surface area contributed by atoms with Crippen molar-refractivity contribution in [3.8, 4) is 5.75 Å². The highest BCUT2D eigenvalue weighted by atomic mass is 28.4. The number of amides is 1. The lowest BCUT2D eigenvalue weighted by atomic mass is 10.0. The Hall–Kier alpha value is -2.36. The van der Waals surface area contributed by atoms with Crippen LogP contribution in [0, 0.1) is 0 Å². The van der Waals surface area contributed by atoms with Gasteiger partial charge in [-0.1, -0.05) is 26.8 Å². The Balaban J connectivity index is 2.60. The second kappa shape index (κ2) is 10.5. The van der Waals surface area contributed by atoms with Crippen molar-refractivity contribution in [1.29, 1.82) is 0 Å². The molecule has 34 heavy (non-hydrogen) atoms. The average molecular weight is 492 g/mol. The highest BCUT2D eigenvalue weighted by molar-refractivity contribution is 6.74. The first-order chi connectivity index (χ1) is 15.6. The molecule has 0 radical (unpaired) electrons. The van der Waals surface area contributed by atoms with Crippen molar-refractivity contribution in [1.82, 2.24) is 9.88 Å². The van der Waals surface area contributed by atoms with Gasteiger partial charge in [0.15, 0.2) is 8.32 Å². The molecule has 2 aromatic rings. The van der Waals surface area contributed by atoms with Gasteiger partial charge in [0.25, 0.3) is 0 Å². The summed E-state index contributed by atoms with van der Waals surface area (Å²) < 4.78 is 12.5. The van der Waals surface area contributed by atoms with Crippen LogP contribution in [0.2, 0.25) is 18.1 Å². The number of aromatic nitrogens is 1. The maximum atomic E-state index is 13.1. The Morgan fingerprint density at radius 1 is 1.15 bits per heavy atom. The van der Waals surface area contributed by atoms with E-state index >= 15 is 0 Å². The summed E-state index contributed by atoms with van der Waals surface area (Å²) in [7, 11) is -2.28. The fourth-order valence-corrected chi connectivity index (χ4v) is 4.60. The summed E-state index contributed by atoms with van der Waals surface area (Å²) in [6.45, 7) is 17.4. The van der Waals surface area contributed by atoms with Crippen molar-refractivity contribution in [2.24, 2.45) is 5.73 Å². The van der Waals surface area contributed by atoms with Crippen LogP contribution in [0.5, 0.6) is 5.75 Å². The first-order valence-corrected chi connectivity index (χ1v) is 14.7. The van der Waals surface area contributed by atoms with E-state index < -0.39 is 26.1 Å². The number of nitrogens with two attached hydrogens (primary N) is 1. The Morgan fingerprint density at radius 2 is 1.79 bits per heavy atom. The topological polar surface area (TPSA) is 118 Å². The molecule has 9 heteroatoms. The quantitative estimate of drug-likeness (QED) is 0.453. The van der Waals surface area contributed by atoms with Gasteiger partial charge in [-0.3, -0.25) is 4.79 Å². The van der Waals surface area contributed by atoms with Crippen molar-refractivity contribution in [3.05, 3.63) is 40.2 Å². The van der Waals surface area contributed by atoms with Crippen molar-refractivity contribution >= 4 is 25.3 Å². The summed E-state index contributed by atoms with van der Waals surface area (Å²) >= 11 is 0. The Labute approximate surface area is 203 Å². The zero-order valence-electron chi connectivity index (χ0n) is 21.8. The van der Waals surface area contributed by atoms with Crippen LogP contribution in [-0.2, 0) is 9.16 Å². The molecule has 1 aromatic carbocycles. The van der Waals surface area contributed by atoms with E-state index in [0.717, 1.165) is 5.56 Å². The molecule has 8 nitrogen and oxygen atoms in total. The maximum Gasteiger partial charge on any atom is 0.410 e. The van der Waals surface area contributed by atoms with Crippen LogP contribution in [0.25, 0.3) is 10.9 Å². The number of nitrogens with zero attached hydrogens (tertiary/aromatic N) is 1. The number of fused-ring (bicyclic) bond motifs is 1. The minimum Gasteiger partial charge on any atom is -0.506 e. The molecule has 1 atom stereocenters. The number of hydrogen-bond acceptors (Lipinski definition) is 6. The Morgan fingerprint density at radius 3 is 2.35 bits per heavy atom. The summed E-state index contributed by atoms with van der Waals surface area (Å²) in [5.41, 5.74) is 5.93. The molecular formula is C25H41N3O5Si. The van der Waals surface area contributed by atoms with Gasteiger partial charge >= 0.3 is 6.09 Å². The Bertz CT molecular complexity index is 1050. The van der Waals surface area contributed by atoms with E-state index in [1.165, 1.54) is 6.07 Å². The molecule has 1 aromatic heterocycles. The van der Waals surface area contributed by atoms with E-state index in [4.69, 9.17) is 14.9 Å². The van der Waals surface area contributed by atoms with Gasteiger partial charge < -0.3 is 29.9 Å². The second-order valence-electron chi connectivity index (χ2n) is 11.2. The van der Waals surface area contributed by atoms with E-state index in [1.54, 1.807) is 23.1 Å². The number of carbonyl (C=O) groups excluding carboxylic acids is 1. The third kappa shape index (κ3) is 7.07. The van der Waals surface area contributed by atoms with Crippen LogP contribution in [0.15, 0.2) is 29.1 Å². The molecule has 0 saturated heterocycles. The van der Waals surface area contributed by atoms with Crippen LogP contribution in [0.3, 0.4) is 0 Å². The number of pyridine rings is 1. The number of aromatic hydroxyl groups is 1. The second-order valence-corrected chi connectivity index (χ2v) is 16.0. The van der Waals surface area contributed by atoms with E-state index in [2.05, 4.69) is 38.8 Å². The fourth-order valence-electron chi connectivity index (χ4n) is 3.34. The molecular weight excluding hydrogens is 450 g/mol. The molecule has 0 saturated carbocycles. The Kier molecular flexibility index (Phi) is 8.61. The first-order valence-electron chi connectivity index (χ1n) is 11.8. The van der Waals surface area contributed by atoms with Gasteiger partial charge in [-0.25, -0.2) is 4.79 Å². The number of rotatable bonds is 8. The van der Waals surface area contributed by atoms with Crippen molar-refractivity contribution in [2.75, 3.05) is 19.6 Å². The van der Waals surface area contributed by atoms with Crippen LogP contribution in [0.1, 0.15) is 59.6 Å². The third-order valence-electron chi connectivity index (χ3n) is 6.17. The molecule has 4 N–H and O–H groups in total. The molecule has 0 unspecified atom stereocenters. The predicted octanol–water partition coefficient (Wildman–Crippen LogP) is 4.88. The van der Waals surface area contributed by atoms with E-state index in [1.807, 2.05) is 20.8 Å². The minimum absolute atomic E-state index is 0.0188. The molecule has 1 amide bonds. The summed E-state index contributed by atoms with van der Waals surface area (Å²) in [6, 6.07) is 6.45. The van der Waals surface area contributed by atoms with Crippen molar-refractivity contribution in [2.45, 2.75) is 77.8 Å². The summed E-state index contributed by atoms with van der Waals surface area (Å²) in [5.74, 6) is -0.0188. The lowest BCUT2D eigenvalue weighted by molar-refractivity contribution is 0.0156. The van der Waals surface area contributed by atoms with Gasteiger partial charge in [0.1, 0.15) is 11.4 Å². The average Bonchev–Trinajstić information content (AvgIpc) is 2.68. The zero-order chi connectivity index (χ0) is 25.9. The zero-order valence-corrected chi connectivity index (χ0v) is 22.8. The van der Waals surface area contributed by atoms with Gasteiger partial charge in [0, 0.05) is 18.0 Å². The summed E-state index contributed by atoms with van der Waals surface area (Å²) in [5, 5.41) is 11.0. The van der Waals surface area contributed by atoms with Gasteiger partial charge in [0.2, 0.25) is 5.56 Å². The summed E-state index contributed by atoms with van der Waals surface area (Å²) in [6.07, 6.45) is -0.308. The fraction of sp³-hybridized carbons (Fsp3) is 0.600. The normalized spacial score (nSPS) is 13.7. The van der Waals surface area contributed by atoms with Gasteiger partial charge in [-0.2, -0.15) is 0 Å². The standard InChI is InChI=1S/C25H41N3O5Si/c1-24(2,3)32-23(31)28(15-9-14-26)16-20(33-34(7,8)25(4,5)6)17-10-12-19(29)22-18(17)11-13-21(30)27-22/h10-13,20,29H,9,14-16,26H2,1-8H3,(H,27,30)/t20-/m0/s1. The van der Waals surface area contributed by atoms with Crippen LogP contribution in [-0.4, -0.2) is 54.6 Å². The number of nitrogens with one attached hydrogen (secondary N) is 1. The SMILES string of the molecule is CC(C)(C)OC(=O)N(CCCN)C[C@H](O[Si](C)(C)C(C)(C)C)c1ccc(O)c2[nH]c(=O)ccc12. The lowest BCUT2D eigenvalue weighted by Crippen LogP contribution is -2.46. The van der Waals surface area contributed by atoms with Gasteiger partial charge in [-0.15, -0.1) is 0 Å². The number of phenolic OH excluding ortho intramolecular Hbond substituents is 1. The smallest absolute Gasteiger partial charge is 0.410 e.